The SMILES string of the molecule is Cc1cc2sc(C(=O)NC3CCC(C)C3)c(N)c2c(C)n1. The lowest BCUT2D eigenvalue weighted by atomic mass is 10.1. The molecule has 21 heavy (non-hydrogen) atoms. The molecule has 0 radical (unpaired) electrons. The predicted octanol–water partition coefficient (Wildman–Crippen LogP) is 3.41. The molecule has 0 spiro atoms. The van der Waals surface area contributed by atoms with Crippen LogP contribution in [0, 0.1) is 19.8 Å². The highest BCUT2D eigenvalue weighted by atomic mass is 32.1. The number of carbonyl (C=O) groups excluding carboxylic acids is 1. The summed E-state index contributed by atoms with van der Waals surface area (Å²) >= 11 is 1.47. The zero-order valence-corrected chi connectivity index (χ0v) is 13.5. The molecule has 1 amide bonds. The predicted molar refractivity (Wildman–Crippen MR) is 87.8 cm³/mol. The lowest BCUT2D eigenvalue weighted by Gasteiger charge is -2.11. The summed E-state index contributed by atoms with van der Waals surface area (Å²) in [4.78, 5) is 17.6. The summed E-state index contributed by atoms with van der Waals surface area (Å²) in [6, 6.07) is 2.29. The van der Waals surface area contributed by atoms with Crippen molar-refractivity contribution in [3.05, 3.63) is 22.3 Å². The minimum Gasteiger partial charge on any atom is -0.397 e. The van der Waals surface area contributed by atoms with Gasteiger partial charge in [0.15, 0.2) is 0 Å². The Morgan fingerprint density at radius 1 is 1.43 bits per heavy atom. The van der Waals surface area contributed by atoms with Crippen molar-refractivity contribution in [2.45, 2.75) is 46.1 Å². The van der Waals surface area contributed by atoms with Crippen LogP contribution in [0.1, 0.15) is 47.2 Å². The molecule has 1 aliphatic carbocycles. The number of nitrogens with one attached hydrogen (secondary N) is 1. The van der Waals surface area contributed by atoms with E-state index < -0.39 is 0 Å². The first-order valence-corrected chi connectivity index (χ1v) is 8.24. The van der Waals surface area contributed by atoms with Gasteiger partial charge in [-0.25, -0.2) is 0 Å². The van der Waals surface area contributed by atoms with Crippen molar-refractivity contribution in [3.63, 3.8) is 0 Å². The standard InChI is InChI=1S/C16H21N3OS/c1-8-4-5-11(6-8)19-16(20)15-14(17)13-10(3)18-9(2)7-12(13)21-15/h7-8,11H,4-6,17H2,1-3H3,(H,19,20). The van der Waals surface area contributed by atoms with Crippen LogP contribution in [0.3, 0.4) is 0 Å². The molecular formula is C16H21N3OS. The van der Waals surface area contributed by atoms with Crippen LogP contribution in [0.5, 0.6) is 0 Å². The summed E-state index contributed by atoms with van der Waals surface area (Å²) in [6.45, 7) is 6.14. The van der Waals surface area contributed by atoms with Gasteiger partial charge >= 0.3 is 0 Å². The Hall–Kier alpha value is -1.62. The number of nitrogens with zero attached hydrogens (tertiary/aromatic N) is 1. The third-order valence-corrected chi connectivity index (χ3v) is 5.41. The quantitative estimate of drug-likeness (QED) is 0.893. The van der Waals surface area contributed by atoms with Crippen molar-refractivity contribution in [3.8, 4) is 0 Å². The van der Waals surface area contributed by atoms with Crippen molar-refractivity contribution >= 4 is 33.0 Å². The van der Waals surface area contributed by atoms with Crippen LogP contribution >= 0.6 is 11.3 Å². The van der Waals surface area contributed by atoms with Gasteiger partial charge in [-0.2, -0.15) is 0 Å². The molecule has 112 valence electrons. The lowest BCUT2D eigenvalue weighted by Crippen LogP contribution is -2.32. The number of amides is 1. The van der Waals surface area contributed by atoms with Gasteiger partial charge in [-0.05, 0) is 45.1 Å². The molecule has 0 aliphatic heterocycles. The monoisotopic (exact) mass is 303 g/mol. The molecule has 3 rings (SSSR count). The summed E-state index contributed by atoms with van der Waals surface area (Å²) in [7, 11) is 0. The van der Waals surface area contributed by atoms with E-state index in [1.54, 1.807) is 0 Å². The fourth-order valence-electron chi connectivity index (χ4n) is 3.24. The van der Waals surface area contributed by atoms with E-state index in [0.717, 1.165) is 34.3 Å². The van der Waals surface area contributed by atoms with Crippen LogP contribution in [0.2, 0.25) is 0 Å². The number of thiophene rings is 1. The van der Waals surface area contributed by atoms with Gasteiger partial charge in [0.2, 0.25) is 0 Å². The molecule has 4 nitrogen and oxygen atoms in total. The van der Waals surface area contributed by atoms with Crippen LogP contribution in [0.15, 0.2) is 6.07 Å². The largest absolute Gasteiger partial charge is 0.397 e. The van der Waals surface area contributed by atoms with Crippen LogP contribution < -0.4 is 11.1 Å². The Morgan fingerprint density at radius 3 is 2.86 bits per heavy atom. The fourth-order valence-corrected chi connectivity index (χ4v) is 4.41. The third kappa shape index (κ3) is 2.62. The van der Waals surface area contributed by atoms with Crippen LogP contribution in [-0.4, -0.2) is 16.9 Å². The van der Waals surface area contributed by atoms with Crippen LogP contribution in [0.25, 0.3) is 10.1 Å². The van der Waals surface area contributed by atoms with E-state index in [9.17, 15) is 4.79 Å². The minimum atomic E-state index is -0.0372. The van der Waals surface area contributed by atoms with Crippen molar-refractivity contribution < 1.29 is 4.79 Å². The fraction of sp³-hybridized carbons (Fsp3) is 0.500. The summed E-state index contributed by atoms with van der Waals surface area (Å²) in [5.41, 5.74) is 8.63. The minimum absolute atomic E-state index is 0.0372. The summed E-state index contributed by atoms with van der Waals surface area (Å²) in [5, 5.41) is 4.06. The van der Waals surface area contributed by atoms with Crippen molar-refractivity contribution in [1.82, 2.24) is 10.3 Å². The number of nitrogens with two attached hydrogens (primary N) is 1. The zero-order chi connectivity index (χ0) is 15.1. The number of rotatable bonds is 2. The van der Waals surface area contributed by atoms with E-state index in [1.807, 2.05) is 19.9 Å². The van der Waals surface area contributed by atoms with E-state index in [0.29, 0.717) is 16.5 Å². The molecule has 1 fully saturated rings. The number of aromatic nitrogens is 1. The Kier molecular flexibility index (Phi) is 3.61. The third-order valence-electron chi connectivity index (χ3n) is 4.25. The van der Waals surface area contributed by atoms with Gasteiger partial charge in [-0.1, -0.05) is 6.92 Å². The maximum absolute atomic E-state index is 12.5. The van der Waals surface area contributed by atoms with Crippen LogP contribution in [-0.2, 0) is 0 Å². The van der Waals surface area contributed by atoms with Crippen molar-refractivity contribution in [1.29, 1.82) is 0 Å². The highest BCUT2D eigenvalue weighted by molar-refractivity contribution is 7.21. The number of carbonyl (C=O) groups is 1. The number of fused-ring (bicyclic) bond motifs is 1. The first kappa shape index (κ1) is 14.3. The number of anilines is 1. The molecule has 3 N–H and O–H groups in total. The summed E-state index contributed by atoms with van der Waals surface area (Å²) in [5.74, 6) is 0.661. The Balaban J connectivity index is 1.91. The van der Waals surface area contributed by atoms with E-state index in [2.05, 4.69) is 17.2 Å². The van der Waals surface area contributed by atoms with Gasteiger partial charge in [0, 0.05) is 27.5 Å². The number of hydrogen-bond donors (Lipinski definition) is 2. The molecule has 0 bridgehead atoms. The maximum Gasteiger partial charge on any atom is 0.263 e. The van der Waals surface area contributed by atoms with Crippen molar-refractivity contribution in [2.24, 2.45) is 5.92 Å². The molecule has 1 saturated carbocycles. The normalized spacial score (nSPS) is 21.9. The maximum atomic E-state index is 12.5. The lowest BCUT2D eigenvalue weighted by molar-refractivity contribution is 0.0942. The van der Waals surface area contributed by atoms with E-state index in [4.69, 9.17) is 5.73 Å². The number of nitrogen functional groups attached to an aromatic ring is 1. The second-order valence-electron chi connectivity index (χ2n) is 6.16. The second kappa shape index (κ2) is 5.30. The number of hydrogen-bond acceptors (Lipinski definition) is 4. The van der Waals surface area contributed by atoms with Gasteiger partial charge in [0.05, 0.1) is 5.69 Å². The highest BCUT2D eigenvalue weighted by Gasteiger charge is 2.25. The van der Waals surface area contributed by atoms with Crippen molar-refractivity contribution in [2.75, 3.05) is 5.73 Å². The van der Waals surface area contributed by atoms with Gasteiger partial charge < -0.3 is 11.1 Å². The van der Waals surface area contributed by atoms with Crippen LogP contribution in [0.4, 0.5) is 5.69 Å². The molecule has 1 aliphatic rings. The first-order valence-electron chi connectivity index (χ1n) is 7.42. The van der Waals surface area contributed by atoms with Gasteiger partial charge in [0.25, 0.3) is 5.91 Å². The molecule has 0 aromatic carbocycles. The Labute approximate surface area is 128 Å². The zero-order valence-electron chi connectivity index (χ0n) is 12.7. The number of aryl methyl sites for hydroxylation is 2. The molecule has 5 heteroatoms. The van der Waals surface area contributed by atoms with Gasteiger partial charge in [-0.15, -0.1) is 11.3 Å². The molecule has 0 saturated heterocycles. The molecular weight excluding hydrogens is 282 g/mol. The second-order valence-corrected chi connectivity index (χ2v) is 7.21. The van der Waals surface area contributed by atoms with E-state index >= 15 is 0 Å². The molecule has 2 atom stereocenters. The molecule has 2 heterocycles. The highest BCUT2D eigenvalue weighted by Crippen LogP contribution is 2.36. The van der Waals surface area contributed by atoms with Gasteiger partial charge in [-0.3, -0.25) is 9.78 Å². The Morgan fingerprint density at radius 2 is 2.19 bits per heavy atom. The first-order chi connectivity index (χ1) is 9.95. The van der Waals surface area contributed by atoms with E-state index in [1.165, 1.54) is 17.8 Å². The molecule has 2 unspecified atom stereocenters. The Bertz CT molecular complexity index is 707. The molecule has 2 aromatic heterocycles. The smallest absolute Gasteiger partial charge is 0.263 e. The van der Waals surface area contributed by atoms with E-state index in [-0.39, 0.29) is 11.9 Å². The average Bonchev–Trinajstić information content (AvgIpc) is 2.93. The topological polar surface area (TPSA) is 68.0 Å². The molecule has 2 aromatic rings. The average molecular weight is 303 g/mol. The van der Waals surface area contributed by atoms with Gasteiger partial charge in [0.1, 0.15) is 4.88 Å². The summed E-state index contributed by atoms with van der Waals surface area (Å²) in [6.07, 6.45) is 3.32. The summed E-state index contributed by atoms with van der Waals surface area (Å²) < 4.78 is 1.04. The number of pyridine rings is 1.